The van der Waals surface area contributed by atoms with Crippen molar-refractivity contribution >= 4 is 5.91 Å². The number of hydrogen-bond donors (Lipinski definition) is 1. The van der Waals surface area contributed by atoms with Crippen molar-refractivity contribution in [3.8, 4) is 0 Å². The fourth-order valence-corrected chi connectivity index (χ4v) is 1.00. The van der Waals surface area contributed by atoms with Crippen molar-refractivity contribution < 1.29 is 14.3 Å². The predicted molar refractivity (Wildman–Crippen MR) is 43.9 cm³/mol. The first-order chi connectivity index (χ1) is 5.84. The summed E-state index contributed by atoms with van der Waals surface area (Å²) in [7, 11) is 0. The lowest BCUT2D eigenvalue weighted by Gasteiger charge is -2.21. The third kappa shape index (κ3) is 2.79. The Morgan fingerprint density at radius 1 is 1.58 bits per heavy atom. The van der Waals surface area contributed by atoms with Crippen LogP contribution in [0.5, 0.6) is 0 Å². The largest absolute Gasteiger partial charge is 0.376 e. The minimum Gasteiger partial charge on any atom is -0.376 e. The monoisotopic (exact) mass is 173 g/mol. The van der Waals surface area contributed by atoms with Gasteiger partial charge in [0, 0.05) is 6.54 Å². The molecule has 0 aliphatic carbocycles. The van der Waals surface area contributed by atoms with Gasteiger partial charge in [-0.3, -0.25) is 4.79 Å². The summed E-state index contributed by atoms with van der Waals surface area (Å²) >= 11 is 0. The summed E-state index contributed by atoms with van der Waals surface area (Å²) in [5, 5.41) is 2.76. The third-order valence-corrected chi connectivity index (χ3v) is 1.66. The summed E-state index contributed by atoms with van der Waals surface area (Å²) in [6, 6.07) is 0. The van der Waals surface area contributed by atoms with Gasteiger partial charge in [-0.25, -0.2) is 0 Å². The molecule has 12 heavy (non-hydrogen) atoms. The molecule has 0 radical (unpaired) electrons. The normalized spacial score (nSPS) is 23.6. The molecule has 0 saturated carbocycles. The van der Waals surface area contributed by atoms with E-state index in [0.29, 0.717) is 26.4 Å². The van der Waals surface area contributed by atoms with Crippen LogP contribution in [0.1, 0.15) is 13.3 Å². The Morgan fingerprint density at radius 2 is 2.42 bits per heavy atom. The van der Waals surface area contributed by atoms with E-state index in [9.17, 15) is 4.79 Å². The second-order valence-corrected chi connectivity index (χ2v) is 2.73. The Bertz CT molecular complexity index is 143. The van der Waals surface area contributed by atoms with Crippen molar-refractivity contribution in [3.05, 3.63) is 0 Å². The Hall–Kier alpha value is -0.610. The fraction of sp³-hybridized carbons (Fsp3) is 0.875. The first-order valence-corrected chi connectivity index (χ1v) is 4.31. The van der Waals surface area contributed by atoms with Crippen LogP contribution >= 0.6 is 0 Å². The van der Waals surface area contributed by atoms with Crippen molar-refractivity contribution in [2.45, 2.75) is 19.4 Å². The number of carbonyl (C=O) groups is 1. The predicted octanol–water partition coefficient (Wildman–Crippen LogP) is -0.0720. The fourth-order valence-electron chi connectivity index (χ4n) is 1.00. The Labute approximate surface area is 72.2 Å². The number of carbonyl (C=O) groups excluding carboxylic acids is 1. The highest BCUT2D eigenvalue weighted by molar-refractivity contribution is 5.80. The van der Waals surface area contributed by atoms with E-state index >= 15 is 0 Å². The second-order valence-electron chi connectivity index (χ2n) is 2.73. The topological polar surface area (TPSA) is 47.6 Å². The van der Waals surface area contributed by atoms with E-state index in [1.807, 2.05) is 6.92 Å². The van der Waals surface area contributed by atoms with Crippen LogP contribution in [0.3, 0.4) is 0 Å². The maximum absolute atomic E-state index is 11.2. The smallest absolute Gasteiger partial charge is 0.251 e. The van der Waals surface area contributed by atoms with Crippen LogP contribution in [0.25, 0.3) is 0 Å². The van der Waals surface area contributed by atoms with Gasteiger partial charge in [-0.1, -0.05) is 6.92 Å². The molecule has 1 aliphatic rings. The van der Waals surface area contributed by atoms with Gasteiger partial charge in [-0.2, -0.15) is 0 Å². The summed E-state index contributed by atoms with van der Waals surface area (Å²) < 4.78 is 10.3. The molecule has 1 amide bonds. The zero-order chi connectivity index (χ0) is 8.81. The summed E-state index contributed by atoms with van der Waals surface area (Å²) in [6.07, 6.45) is 0.546. The van der Waals surface area contributed by atoms with E-state index in [2.05, 4.69) is 5.32 Å². The molecule has 1 fully saturated rings. The minimum atomic E-state index is -0.398. The molecule has 0 aromatic heterocycles. The number of amides is 1. The van der Waals surface area contributed by atoms with Crippen molar-refractivity contribution in [2.75, 3.05) is 26.4 Å². The quantitative estimate of drug-likeness (QED) is 0.649. The van der Waals surface area contributed by atoms with Crippen LogP contribution in [-0.4, -0.2) is 38.4 Å². The van der Waals surface area contributed by atoms with Crippen LogP contribution in [0.15, 0.2) is 0 Å². The van der Waals surface area contributed by atoms with Gasteiger partial charge < -0.3 is 14.8 Å². The molecule has 1 aliphatic heterocycles. The van der Waals surface area contributed by atoms with Gasteiger partial charge in [0.05, 0.1) is 19.8 Å². The van der Waals surface area contributed by atoms with Gasteiger partial charge in [0.2, 0.25) is 0 Å². The zero-order valence-corrected chi connectivity index (χ0v) is 7.34. The number of hydrogen-bond acceptors (Lipinski definition) is 3. The molecule has 4 nitrogen and oxygen atoms in total. The van der Waals surface area contributed by atoms with Crippen molar-refractivity contribution in [2.24, 2.45) is 0 Å². The van der Waals surface area contributed by atoms with E-state index in [0.717, 1.165) is 6.42 Å². The maximum Gasteiger partial charge on any atom is 0.251 e. The van der Waals surface area contributed by atoms with E-state index in [1.54, 1.807) is 0 Å². The highest BCUT2D eigenvalue weighted by Crippen LogP contribution is 1.99. The molecule has 1 unspecified atom stereocenters. The van der Waals surface area contributed by atoms with Gasteiger partial charge in [-0.15, -0.1) is 0 Å². The van der Waals surface area contributed by atoms with E-state index in [1.165, 1.54) is 0 Å². The Balaban J connectivity index is 2.20. The average molecular weight is 173 g/mol. The molecule has 1 saturated heterocycles. The molecule has 1 heterocycles. The van der Waals surface area contributed by atoms with Gasteiger partial charge >= 0.3 is 0 Å². The molecule has 1 N–H and O–H groups in total. The van der Waals surface area contributed by atoms with Crippen LogP contribution in [0.4, 0.5) is 0 Å². The van der Waals surface area contributed by atoms with Crippen molar-refractivity contribution in [3.63, 3.8) is 0 Å². The maximum atomic E-state index is 11.2. The van der Waals surface area contributed by atoms with Crippen LogP contribution < -0.4 is 5.32 Å². The third-order valence-electron chi connectivity index (χ3n) is 1.66. The van der Waals surface area contributed by atoms with Crippen LogP contribution in [0.2, 0.25) is 0 Å². The van der Waals surface area contributed by atoms with E-state index in [4.69, 9.17) is 9.47 Å². The highest BCUT2D eigenvalue weighted by Gasteiger charge is 2.21. The summed E-state index contributed by atoms with van der Waals surface area (Å²) in [6.45, 7) is 4.22. The summed E-state index contributed by atoms with van der Waals surface area (Å²) in [5.74, 6) is -0.0587. The summed E-state index contributed by atoms with van der Waals surface area (Å²) in [5.41, 5.74) is 0. The van der Waals surface area contributed by atoms with E-state index < -0.39 is 6.10 Å². The molecule has 1 rings (SSSR count). The van der Waals surface area contributed by atoms with Crippen molar-refractivity contribution in [1.82, 2.24) is 5.32 Å². The standard InChI is InChI=1S/C8H15NO3/c1-2-3-9-8(10)7-6-11-4-5-12-7/h7H,2-6H2,1H3,(H,9,10). The molecular weight excluding hydrogens is 158 g/mol. The number of nitrogens with one attached hydrogen (secondary N) is 1. The van der Waals surface area contributed by atoms with E-state index in [-0.39, 0.29) is 5.91 Å². The molecule has 4 heteroatoms. The Kier molecular flexibility index (Phi) is 4.04. The molecule has 0 bridgehead atoms. The van der Waals surface area contributed by atoms with Gasteiger partial charge in [-0.05, 0) is 6.42 Å². The van der Waals surface area contributed by atoms with Gasteiger partial charge in [0.1, 0.15) is 0 Å². The molecule has 1 atom stereocenters. The molecular formula is C8H15NO3. The van der Waals surface area contributed by atoms with Crippen LogP contribution in [-0.2, 0) is 14.3 Å². The first kappa shape index (κ1) is 9.48. The molecule has 0 aromatic rings. The molecule has 70 valence electrons. The van der Waals surface area contributed by atoms with Gasteiger partial charge in [0.15, 0.2) is 6.10 Å². The second kappa shape index (κ2) is 5.11. The van der Waals surface area contributed by atoms with Crippen LogP contribution in [0, 0.1) is 0 Å². The summed E-state index contributed by atoms with van der Waals surface area (Å²) in [4.78, 5) is 11.2. The van der Waals surface area contributed by atoms with Crippen molar-refractivity contribution in [1.29, 1.82) is 0 Å². The zero-order valence-electron chi connectivity index (χ0n) is 7.34. The number of ether oxygens (including phenoxy) is 2. The lowest BCUT2D eigenvalue weighted by Crippen LogP contribution is -2.42. The lowest BCUT2D eigenvalue weighted by atomic mass is 10.3. The van der Waals surface area contributed by atoms with Gasteiger partial charge in [0.25, 0.3) is 5.91 Å². The minimum absolute atomic E-state index is 0.0587. The first-order valence-electron chi connectivity index (χ1n) is 4.31. The highest BCUT2D eigenvalue weighted by atomic mass is 16.6. The lowest BCUT2D eigenvalue weighted by molar-refractivity contribution is -0.147. The molecule has 0 aromatic carbocycles. The number of rotatable bonds is 3. The SMILES string of the molecule is CCCNC(=O)C1COCCO1. The average Bonchev–Trinajstić information content (AvgIpc) is 2.15. The Morgan fingerprint density at radius 3 is 3.00 bits per heavy atom. The molecule has 0 spiro atoms.